The molecule has 2 N–H and O–H groups in total. The maximum absolute atomic E-state index is 5.55. The summed E-state index contributed by atoms with van der Waals surface area (Å²) in [6.45, 7) is 5.33. The van der Waals surface area contributed by atoms with Gasteiger partial charge < -0.3 is 10.6 Å². The molecule has 17 heavy (non-hydrogen) atoms. The maximum atomic E-state index is 5.55. The summed E-state index contributed by atoms with van der Waals surface area (Å²) >= 11 is 5.26. The van der Waals surface area contributed by atoms with Gasteiger partial charge in [-0.3, -0.25) is 0 Å². The number of halogens is 1. The Labute approximate surface area is 117 Å². The molecule has 2 nitrogen and oxygen atoms in total. The lowest BCUT2D eigenvalue weighted by Gasteiger charge is -2.17. The molecule has 1 aromatic heterocycles. The normalized spacial score (nSPS) is 13.2. The van der Waals surface area contributed by atoms with E-state index in [2.05, 4.69) is 46.2 Å². The lowest BCUT2D eigenvalue weighted by atomic mass is 10.0. The molecule has 0 saturated carbocycles. The van der Waals surface area contributed by atoms with Crippen LogP contribution in [0, 0.1) is 5.92 Å². The van der Waals surface area contributed by atoms with Crippen LogP contribution in [0.25, 0.3) is 0 Å². The fraction of sp³-hybridized carbons (Fsp3) is 0.692. The lowest BCUT2D eigenvalue weighted by molar-refractivity contribution is 0.306. The van der Waals surface area contributed by atoms with Gasteiger partial charge in [0.25, 0.3) is 0 Å². The molecule has 0 amide bonds. The molecule has 0 bridgehead atoms. The average Bonchev–Trinajstić information content (AvgIpc) is 2.64. The van der Waals surface area contributed by atoms with Gasteiger partial charge in [0.15, 0.2) is 0 Å². The predicted molar refractivity (Wildman–Crippen MR) is 80.4 cm³/mol. The zero-order valence-corrected chi connectivity index (χ0v) is 13.2. The first kappa shape index (κ1) is 15.2. The zero-order chi connectivity index (χ0) is 12.7. The Kier molecular flexibility index (Phi) is 7.35. The summed E-state index contributed by atoms with van der Waals surface area (Å²) in [5.41, 5.74) is 6.95. The number of thiophene rings is 1. The van der Waals surface area contributed by atoms with Crippen molar-refractivity contribution in [3.8, 4) is 0 Å². The highest BCUT2D eigenvalue weighted by atomic mass is 79.9. The van der Waals surface area contributed by atoms with E-state index >= 15 is 0 Å². The minimum absolute atomic E-state index is 0.767. The Morgan fingerprint density at radius 2 is 2.24 bits per heavy atom. The highest BCUT2D eigenvalue weighted by molar-refractivity contribution is 9.11. The quantitative estimate of drug-likeness (QED) is 0.791. The second-order valence-corrected chi connectivity index (χ2v) is 7.11. The summed E-state index contributed by atoms with van der Waals surface area (Å²) in [5, 5.41) is 2.22. The molecule has 4 heteroatoms. The van der Waals surface area contributed by atoms with Crippen molar-refractivity contribution in [3.63, 3.8) is 0 Å². The van der Waals surface area contributed by atoms with Crippen LogP contribution < -0.4 is 5.73 Å². The number of rotatable bonds is 8. The van der Waals surface area contributed by atoms with E-state index in [0.717, 1.165) is 25.4 Å². The molecule has 0 spiro atoms. The highest BCUT2D eigenvalue weighted by Gasteiger charge is 2.04. The van der Waals surface area contributed by atoms with Crippen molar-refractivity contribution in [1.29, 1.82) is 0 Å². The van der Waals surface area contributed by atoms with E-state index in [9.17, 15) is 0 Å². The third-order valence-corrected chi connectivity index (χ3v) is 4.52. The van der Waals surface area contributed by atoms with Gasteiger partial charge >= 0.3 is 0 Å². The van der Waals surface area contributed by atoms with E-state index in [1.54, 1.807) is 11.3 Å². The first-order valence-electron chi connectivity index (χ1n) is 6.23. The second kappa shape index (κ2) is 8.25. The van der Waals surface area contributed by atoms with Gasteiger partial charge in [-0.2, -0.15) is 0 Å². The van der Waals surface area contributed by atoms with Gasteiger partial charge in [0.05, 0.1) is 3.79 Å². The molecule has 0 aliphatic rings. The largest absolute Gasteiger partial charge is 0.330 e. The average molecular weight is 319 g/mol. The monoisotopic (exact) mass is 318 g/mol. The first-order chi connectivity index (χ1) is 8.11. The van der Waals surface area contributed by atoms with Gasteiger partial charge in [-0.25, -0.2) is 0 Å². The van der Waals surface area contributed by atoms with Crippen molar-refractivity contribution in [2.75, 3.05) is 20.1 Å². The molecular formula is C13H23BrN2S. The minimum Gasteiger partial charge on any atom is -0.330 e. The SMILES string of the molecule is CC(CCN)CCCN(C)Cc1csc(Br)c1. The molecule has 0 radical (unpaired) electrons. The van der Waals surface area contributed by atoms with E-state index in [-0.39, 0.29) is 0 Å². The molecule has 1 rings (SSSR count). The smallest absolute Gasteiger partial charge is 0.0701 e. The first-order valence-corrected chi connectivity index (χ1v) is 7.90. The Bertz CT molecular complexity index is 314. The van der Waals surface area contributed by atoms with Crippen molar-refractivity contribution in [2.45, 2.75) is 32.7 Å². The van der Waals surface area contributed by atoms with E-state index in [4.69, 9.17) is 5.73 Å². The summed E-state index contributed by atoms with van der Waals surface area (Å²) in [5.74, 6) is 0.767. The van der Waals surface area contributed by atoms with Crippen LogP contribution in [0.4, 0.5) is 0 Å². The van der Waals surface area contributed by atoms with Gasteiger partial charge in [0, 0.05) is 6.54 Å². The third kappa shape index (κ3) is 6.55. The molecule has 0 saturated heterocycles. The van der Waals surface area contributed by atoms with Crippen molar-refractivity contribution >= 4 is 27.3 Å². The van der Waals surface area contributed by atoms with Crippen LogP contribution in [0.2, 0.25) is 0 Å². The topological polar surface area (TPSA) is 29.3 Å². The summed E-state index contributed by atoms with van der Waals surface area (Å²) < 4.78 is 1.22. The fourth-order valence-corrected chi connectivity index (χ4v) is 3.16. The molecular weight excluding hydrogens is 296 g/mol. The molecule has 0 aliphatic heterocycles. The third-order valence-electron chi connectivity index (χ3n) is 2.97. The molecule has 0 aromatic carbocycles. The Morgan fingerprint density at radius 3 is 2.82 bits per heavy atom. The van der Waals surface area contributed by atoms with Crippen molar-refractivity contribution < 1.29 is 0 Å². The van der Waals surface area contributed by atoms with Crippen LogP contribution >= 0.6 is 27.3 Å². The summed E-state index contributed by atoms with van der Waals surface area (Å²) in [6.07, 6.45) is 3.71. The fourth-order valence-electron chi connectivity index (χ4n) is 1.96. The maximum Gasteiger partial charge on any atom is 0.0701 e. The molecule has 98 valence electrons. The highest BCUT2D eigenvalue weighted by Crippen LogP contribution is 2.21. The summed E-state index contributed by atoms with van der Waals surface area (Å²) in [4.78, 5) is 2.39. The van der Waals surface area contributed by atoms with Gasteiger partial charge in [0.1, 0.15) is 0 Å². The van der Waals surface area contributed by atoms with Gasteiger partial charge in [-0.15, -0.1) is 11.3 Å². The molecule has 1 unspecified atom stereocenters. The standard InChI is InChI=1S/C13H23BrN2S/c1-11(5-6-15)4-3-7-16(2)9-12-8-13(14)17-10-12/h8,10-11H,3-7,9,15H2,1-2H3. The van der Waals surface area contributed by atoms with Crippen LogP contribution in [-0.2, 0) is 6.54 Å². The van der Waals surface area contributed by atoms with Crippen molar-refractivity contribution in [1.82, 2.24) is 4.90 Å². The molecule has 1 aromatic rings. The van der Waals surface area contributed by atoms with E-state index in [1.165, 1.54) is 28.7 Å². The Morgan fingerprint density at radius 1 is 1.47 bits per heavy atom. The van der Waals surface area contributed by atoms with Crippen LogP contribution in [0.3, 0.4) is 0 Å². The van der Waals surface area contributed by atoms with E-state index in [1.807, 2.05) is 0 Å². The lowest BCUT2D eigenvalue weighted by Crippen LogP contribution is -2.19. The second-order valence-electron chi connectivity index (χ2n) is 4.82. The summed E-state index contributed by atoms with van der Waals surface area (Å²) in [7, 11) is 2.19. The van der Waals surface area contributed by atoms with Crippen molar-refractivity contribution in [3.05, 3.63) is 20.8 Å². The van der Waals surface area contributed by atoms with Gasteiger partial charge in [-0.1, -0.05) is 6.92 Å². The van der Waals surface area contributed by atoms with Gasteiger partial charge in [-0.05, 0) is 78.3 Å². The number of hydrogen-bond acceptors (Lipinski definition) is 3. The van der Waals surface area contributed by atoms with Crippen LogP contribution in [0.1, 0.15) is 31.7 Å². The van der Waals surface area contributed by atoms with Gasteiger partial charge in [0.2, 0.25) is 0 Å². The van der Waals surface area contributed by atoms with Crippen LogP contribution in [-0.4, -0.2) is 25.0 Å². The molecule has 0 aliphatic carbocycles. The zero-order valence-electron chi connectivity index (χ0n) is 10.8. The van der Waals surface area contributed by atoms with E-state index in [0.29, 0.717) is 0 Å². The molecule has 1 atom stereocenters. The molecule has 0 fully saturated rings. The molecule has 1 heterocycles. The van der Waals surface area contributed by atoms with Crippen molar-refractivity contribution in [2.24, 2.45) is 11.7 Å². The van der Waals surface area contributed by atoms with Crippen LogP contribution in [0.5, 0.6) is 0 Å². The van der Waals surface area contributed by atoms with E-state index < -0.39 is 0 Å². The number of nitrogens with zero attached hydrogens (tertiary/aromatic N) is 1. The summed E-state index contributed by atoms with van der Waals surface area (Å²) in [6, 6.07) is 2.21. The Hall–Kier alpha value is 0.100. The van der Waals surface area contributed by atoms with Crippen LogP contribution in [0.15, 0.2) is 15.2 Å². The minimum atomic E-state index is 0.767. The number of nitrogens with two attached hydrogens (primary N) is 1. The Balaban J connectivity index is 2.15. The predicted octanol–water partition coefficient (Wildman–Crippen LogP) is 3.71. The number of hydrogen-bond donors (Lipinski definition) is 1.